The van der Waals surface area contributed by atoms with E-state index in [1.165, 1.54) is 0 Å². The maximum Gasteiger partial charge on any atom is 0.309 e. The van der Waals surface area contributed by atoms with Crippen LogP contribution < -0.4 is 0 Å². The van der Waals surface area contributed by atoms with Crippen molar-refractivity contribution < 1.29 is 9.31 Å². The molecule has 0 radical (unpaired) electrons. The Morgan fingerprint density at radius 1 is 1.42 bits per heavy atom. The Balaban J connectivity index is 3.43. The van der Waals surface area contributed by atoms with E-state index in [0.717, 1.165) is 12.1 Å². The number of halogens is 3. The van der Waals surface area contributed by atoms with Crippen LogP contribution in [0.4, 0.5) is 10.1 Å². The van der Waals surface area contributed by atoms with Crippen LogP contribution in [0.2, 0.25) is 10.0 Å². The van der Waals surface area contributed by atoms with Crippen LogP contribution in [-0.4, -0.2) is 4.92 Å². The lowest BCUT2D eigenvalue weighted by Crippen LogP contribution is -1.92. The van der Waals surface area contributed by atoms with Gasteiger partial charge >= 0.3 is 5.69 Å². The molecule has 0 unspecified atom stereocenters. The van der Waals surface area contributed by atoms with E-state index in [-0.39, 0.29) is 5.02 Å². The van der Waals surface area contributed by atoms with Gasteiger partial charge in [0.2, 0.25) is 0 Å². The van der Waals surface area contributed by atoms with Crippen LogP contribution >= 0.6 is 23.2 Å². The zero-order valence-corrected chi connectivity index (χ0v) is 7.06. The highest BCUT2D eigenvalue weighted by Gasteiger charge is 2.20. The average Bonchev–Trinajstić information content (AvgIpc) is 1.97. The minimum Gasteiger partial charge on any atom is -0.258 e. The maximum absolute atomic E-state index is 12.6. The van der Waals surface area contributed by atoms with Crippen molar-refractivity contribution in [3.63, 3.8) is 0 Å². The third kappa shape index (κ3) is 1.49. The monoisotopic (exact) mass is 209 g/mol. The molecule has 0 N–H and O–H groups in total. The Bertz CT molecular complexity index is 343. The van der Waals surface area contributed by atoms with Crippen LogP contribution in [0.1, 0.15) is 0 Å². The Kier molecular flexibility index (Phi) is 2.49. The van der Waals surface area contributed by atoms with E-state index < -0.39 is 21.5 Å². The topological polar surface area (TPSA) is 43.1 Å². The molecule has 0 amide bonds. The van der Waals surface area contributed by atoms with Crippen LogP contribution in [0.25, 0.3) is 0 Å². The van der Waals surface area contributed by atoms with Crippen molar-refractivity contribution >= 4 is 28.9 Å². The standard InChI is InChI=1S/C6H2Cl2FNO2/c7-3-1-2-4(9)5(8)6(3)10(11)12/h1-2H. The molecule has 0 saturated heterocycles. The molecule has 0 aromatic heterocycles. The van der Waals surface area contributed by atoms with Crippen LogP contribution in [-0.2, 0) is 0 Å². The van der Waals surface area contributed by atoms with E-state index in [0.29, 0.717) is 0 Å². The summed E-state index contributed by atoms with van der Waals surface area (Å²) in [5.41, 5.74) is -0.599. The smallest absolute Gasteiger partial charge is 0.258 e. The van der Waals surface area contributed by atoms with Crippen molar-refractivity contribution in [2.24, 2.45) is 0 Å². The summed E-state index contributed by atoms with van der Waals surface area (Å²) < 4.78 is 12.6. The molecule has 0 aliphatic rings. The summed E-state index contributed by atoms with van der Waals surface area (Å²) in [5, 5.41) is 9.53. The largest absolute Gasteiger partial charge is 0.309 e. The molecule has 12 heavy (non-hydrogen) atoms. The van der Waals surface area contributed by atoms with Gasteiger partial charge < -0.3 is 0 Å². The minimum atomic E-state index is -0.854. The summed E-state index contributed by atoms with van der Waals surface area (Å²) in [6.07, 6.45) is 0. The van der Waals surface area contributed by atoms with Crippen LogP contribution in [0, 0.1) is 15.9 Å². The van der Waals surface area contributed by atoms with Gasteiger partial charge in [-0.2, -0.15) is 0 Å². The van der Waals surface area contributed by atoms with E-state index in [2.05, 4.69) is 0 Å². The lowest BCUT2D eigenvalue weighted by Gasteiger charge is -1.97. The second-order valence-electron chi connectivity index (χ2n) is 1.95. The fourth-order valence-electron chi connectivity index (χ4n) is 0.684. The predicted octanol–water partition coefficient (Wildman–Crippen LogP) is 3.04. The molecule has 1 aromatic rings. The van der Waals surface area contributed by atoms with E-state index in [1.807, 2.05) is 0 Å². The summed E-state index contributed by atoms with van der Waals surface area (Å²) >= 11 is 10.7. The zero-order valence-electron chi connectivity index (χ0n) is 5.55. The normalized spacial score (nSPS) is 9.92. The van der Waals surface area contributed by atoms with Crippen LogP contribution in [0.15, 0.2) is 12.1 Å². The Morgan fingerprint density at radius 2 is 2.00 bits per heavy atom. The third-order valence-corrected chi connectivity index (χ3v) is 1.87. The summed E-state index contributed by atoms with van der Waals surface area (Å²) in [6, 6.07) is 2.05. The molecule has 0 spiro atoms. The number of nitrogens with zero attached hydrogens (tertiary/aromatic N) is 1. The van der Waals surface area contributed by atoms with Crippen molar-refractivity contribution in [3.05, 3.63) is 38.1 Å². The van der Waals surface area contributed by atoms with Crippen molar-refractivity contribution in [2.75, 3.05) is 0 Å². The van der Waals surface area contributed by atoms with Crippen molar-refractivity contribution in [2.45, 2.75) is 0 Å². The Labute approximate surface area is 76.9 Å². The number of nitro benzene ring substituents is 1. The minimum absolute atomic E-state index is 0.175. The summed E-state index contributed by atoms with van der Waals surface area (Å²) in [6.45, 7) is 0. The molecule has 0 atom stereocenters. The van der Waals surface area contributed by atoms with Gasteiger partial charge in [0.1, 0.15) is 10.8 Å². The quantitative estimate of drug-likeness (QED) is 0.406. The van der Waals surface area contributed by atoms with Gasteiger partial charge in [0, 0.05) is 0 Å². The highest BCUT2D eigenvalue weighted by molar-refractivity contribution is 6.38. The lowest BCUT2D eigenvalue weighted by molar-refractivity contribution is -0.384. The molecule has 0 aliphatic carbocycles. The molecule has 0 bridgehead atoms. The SMILES string of the molecule is O=[N+]([O-])c1c(Cl)ccc(F)c1Cl. The van der Waals surface area contributed by atoms with Gasteiger partial charge in [-0.05, 0) is 12.1 Å². The van der Waals surface area contributed by atoms with Gasteiger partial charge in [-0.15, -0.1) is 0 Å². The summed E-state index contributed by atoms with van der Waals surface area (Å²) in [4.78, 5) is 9.44. The van der Waals surface area contributed by atoms with Gasteiger partial charge in [-0.3, -0.25) is 10.1 Å². The van der Waals surface area contributed by atoms with Crippen LogP contribution in [0.3, 0.4) is 0 Å². The fourth-order valence-corrected chi connectivity index (χ4v) is 1.19. The number of rotatable bonds is 1. The van der Waals surface area contributed by atoms with Gasteiger partial charge in [0.15, 0.2) is 5.02 Å². The van der Waals surface area contributed by atoms with E-state index in [9.17, 15) is 14.5 Å². The molecule has 0 heterocycles. The molecule has 64 valence electrons. The molecule has 0 saturated carbocycles. The first-order chi connectivity index (χ1) is 5.54. The van der Waals surface area contributed by atoms with E-state index >= 15 is 0 Å². The number of hydrogen-bond donors (Lipinski definition) is 0. The molecule has 1 aromatic carbocycles. The van der Waals surface area contributed by atoms with Gasteiger partial charge in [0.05, 0.1) is 4.92 Å². The van der Waals surface area contributed by atoms with Crippen molar-refractivity contribution in [3.8, 4) is 0 Å². The Morgan fingerprint density at radius 3 is 2.42 bits per heavy atom. The highest BCUT2D eigenvalue weighted by atomic mass is 35.5. The zero-order chi connectivity index (χ0) is 9.30. The van der Waals surface area contributed by atoms with Crippen molar-refractivity contribution in [1.82, 2.24) is 0 Å². The van der Waals surface area contributed by atoms with Crippen molar-refractivity contribution in [1.29, 1.82) is 0 Å². The van der Waals surface area contributed by atoms with E-state index in [4.69, 9.17) is 23.2 Å². The second kappa shape index (κ2) is 3.25. The Hall–Kier alpha value is -0.870. The summed E-state index contributed by atoms with van der Waals surface area (Å²) in [7, 11) is 0. The predicted molar refractivity (Wildman–Crippen MR) is 43.1 cm³/mol. The fraction of sp³-hybridized carbons (Fsp3) is 0. The third-order valence-electron chi connectivity index (χ3n) is 1.20. The molecule has 0 aliphatic heterocycles. The molecular formula is C6H2Cl2FNO2. The first-order valence-electron chi connectivity index (χ1n) is 2.82. The summed E-state index contributed by atoms with van der Waals surface area (Å²) in [5.74, 6) is -0.854. The number of benzene rings is 1. The van der Waals surface area contributed by atoms with Gasteiger partial charge in [-0.25, -0.2) is 4.39 Å². The maximum atomic E-state index is 12.6. The second-order valence-corrected chi connectivity index (χ2v) is 2.73. The highest BCUT2D eigenvalue weighted by Crippen LogP contribution is 2.33. The lowest BCUT2D eigenvalue weighted by atomic mass is 10.3. The molecule has 0 fully saturated rings. The first kappa shape index (κ1) is 9.22. The first-order valence-corrected chi connectivity index (χ1v) is 3.57. The van der Waals surface area contributed by atoms with Crippen LogP contribution in [0.5, 0.6) is 0 Å². The van der Waals surface area contributed by atoms with Gasteiger partial charge in [0.25, 0.3) is 0 Å². The molecule has 1 rings (SSSR count). The molecular weight excluding hydrogens is 208 g/mol. The van der Waals surface area contributed by atoms with E-state index in [1.54, 1.807) is 0 Å². The molecule has 3 nitrogen and oxygen atoms in total. The number of nitro groups is 1. The molecule has 6 heteroatoms. The average molecular weight is 210 g/mol. The number of hydrogen-bond acceptors (Lipinski definition) is 2. The van der Waals surface area contributed by atoms with Gasteiger partial charge in [-0.1, -0.05) is 23.2 Å².